The van der Waals surface area contributed by atoms with Crippen molar-refractivity contribution in [2.24, 2.45) is 0 Å². The summed E-state index contributed by atoms with van der Waals surface area (Å²) in [6.07, 6.45) is 14.4. The third kappa shape index (κ3) is 9.35. The highest BCUT2D eigenvalue weighted by molar-refractivity contribution is 8.03. The highest BCUT2D eigenvalue weighted by Crippen LogP contribution is 2.29. The van der Waals surface area contributed by atoms with Crippen molar-refractivity contribution in [3.63, 3.8) is 0 Å². The molecule has 1 aromatic heterocycles. The standard InChI is InChI=1S/C15H27S3/c1-2-3-4-5-6-7-8-9-10-11-12-16-15-17-13-14-18-15/h13-14H,2-12H2,1H3/q+1. The van der Waals surface area contributed by atoms with E-state index in [2.05, 4.69) is 17.7 Å². The normalized spacial score (nSPS) is 10.9. The van der Waals surface area contributed by atoms with Crippen LogP contribution in [0.25, 0.3) is 0 Å². The molecule has 0 atom stereocenters. The molecule has 0 N–H and O–H groups in total. The van der Waals surface area contributed by atoms with Crippen LogP contribution in [-0.4, -0.2) is 5.75 Å². The minimum Gasteiger partial charge on any atom is -0.0654 e. The molecule has 0 fully saturated rings. The number of thioether (sulfide) groups is 1. The lowest BCUT2D eigenvalue weighted by Crippen LogP contribution is -1.83. The highest BCUT2D eigenvalue weighted by Gasteiger charge is 2.05. The third-order valence-corrected chi connectivity index (χ3v) is 6.79. The van der Waals surface area contributed by atoms with Gasteiger partial charge in [-0.05, 0) is 6.42 Å². The molecule has 0 aromatic carbocycles. The van der Waals surface area contributed by atoms with Gasteiger partial charge in [0.25, 0.3) is 0 Å². The Morgan fingerprint density at radius 1 is 0.944 bits per heavy atom. The van der Waals surface area contributed by atoms with Gasteiger partial charge >= 0.3 is 3.52 Å². The van der Waals surface area contributed by atoms with Crippen LogP contribution in [0.2, 0.25) is 0 Å². The van der Waals surface area contributed by atoms with E-state index in [1.807, 2.05) is 34.4 Å². The van der Waals surface area contributed by atoms with E-state index < -0.39 is 0 Å². The summed E-state index contributed by atoms with van der Waals surface area (Å²) in [6.45, 7) is 2.29. The summed E-state index contributed by atoms with van der Waals surface area (Å²) >= 11 is 5.81. The monoisotopic (exact) mass is 303 g/mol. The zero-order valence-corrected chi connectivity index (χ0v) is 14.1. The molecule has 0 saturated heterocycles. The van der Waals surface area contributed by atoms with Crippen LogP contribution in [0.3, 0.4) is 0 Å². The van der Waals surface area contributed by atoms with Crippen LogP contribution in [0.1, 0.15) is 71.1 Å². The third-order valence-electron chi connectivity index (χ3n) is 3.10. The first-order valence-corrected chi connectivity index (χ1v) is 10.2. The first kappa shape index (κ1) is 16.5. The fourth-order valence-electron chi connectivity index (χ4n) is 2.01. The Morgan fingerprint density at radius 2 is 1.56 bits per heavy atom. The zero-order chi connectivity index (χ0) is 12.9. The first-order valence-electron chi connectivity index (χ1n) is 7.41. The second kappa shape index (κ2) is 12.4. The van der Waals surface area contributed by atoms with E-state index in [4.69, 9.17) is 0 Å². The molecule has 3 heteroatoms. The number of hydrogen-bond acceptors (Lipinski definition) is 2. The highest BCUT2D eigenvalue weighted by atomic mass is 32.2. The van der Waals surface area contributed by atoms with Gasteiger partial charge in [-0.25, -0.2) is 0 Å². The van der Waals surface area contributed by atoms with Crippen molar-refractivity contribution in [2.45, 2.75) is 74.7 Å². The van der Waals surface area contributed by atoms with Crippen LogP contribution < -0.4 is 0 Å². The molecule has 0 amide bonds. The van der Waals surface area contributed by atoms with E-state index in [1.165, 1.54) is 73.5 Å². The van der Waals surface area contributed by atoms with Gasteiger partial charge in [0, 0.05) is 5.75 Å². The van der Waals surface area contributed by atoms with Gasteiger partial charge in [-0.1, -0.05) is 76.5 Å². The van der Waals surface area contributed by atoms with Gasteiger partial charge in [0.05, 0.1) is 22.7 Å². The van der Waals surface area contributed by atoms with Crippen LogP contribution in [0.4, 0.5) is 0 Å². The lowest BCUT2D eigenvalue weighted by Gasteiger charge is -2.01. The number of rotatable bonds is 12. The van der Waals surface area contributed by atoms with Crippen LogP contribution in [0, 0.1) is 0 Å². The minimum atomic E-state index is 1.31. The van der Waals surface area contributed by atoms with E-state index in [1.54, 1.807) is 0 Å². The Kier molecular flexibility index (Phi) is 11.4. The molecule has 18 heavy (non-hydrogen) atoms. The smallest absolute Gasteiger partial charge is 0.0654 e. The maximum Gasteiger partial charge on any atom is 0.312 e. The maximum absolute atomic E-state index is 2.29. The topological polar surface area (TPSA) is 0 Å². The largest absolute Gasteiger partial charge is 0.312 e. The summed E-state index contributed by atoms with van der Waals surface area (Å²) in [6, 6.07) is 0. The van der Waals surface area contributed by atoms with Crippen molar-refractivity contribution in [1.82, 2.24) is 0 Å². The molecule has 0 bridgehead atoms. The molecule has 0 spiro atoms. The SMILES string of the molecule is CCCCCCCCCCCCSc1scc[s+]1. The molecule has 0 nitrogen and oxygen atoms in total. The molecule has 0 saturated carbocycles. The lowest BCUT2D eigenvalue weighted by atomic mass is 10.1. The van der Waals surface area contributed by atoms with Gasteiger partial charge in [-0.15, -0.1) is 0 Å². The van der Waals surface area contributed by atoms with Crippen molar-refractivity contribution in [3.8, 4) is 0 Å². The minimum absolute atomic E-state index is 1.31. The predicted molar refractivity (Wildman–Crippen MR) is 89.2 cm³/mol. The number of hydrogen-bond donors (Lipinski definition) is 0. The molecule has 0 unspecified atom stereocenters. The van der Waals surface area contributed by atoms with Gasteiger partial charge in [0.15, 0.2) is 0 Å². The molecular weight excluding hydrogens is 276 g/mol. The van der Waals surface area contributed by atoms with E-state index in [-0.39, 0.29) is 0 Å². The predicted octanol–water partition coefficient (Wildman–Crippen LogP) is 7.10. The molecule has 0 aliphatic carbocycles. The molecule has 104 valence electrons. The summed E-state index contributed by atoms with van der Waals surface area (Å²) in [5.41, 5.74) is 0. The van der Waals surface area contributed by atoms with Crippen LogP contribution in [-0.2, 0) is 0 Å². The van der Waals surface area contributed by atoms with Crippen LogP contribution in [0.5, 0.6) is 0 Å². The van der Waals surface area contributed by atoms with Gasteiger partial charge in [0.2, 0.25) is 0 Å². The molecule has 1 rings (SSSR count). The van der Waals surface area contributed by atoms with Gasteiger partial charge < -0.3 is 0 Å². The first-order chi connectivity index (χ1) is 8.93. The average molecular weight is 304 g/mol. The molecule has 0 aliphatic rings. The Labute approximate surface area is 125 Å². The second-order valence-electron chi connectivity index (χ2n) is 4.79. The van der Waals surface area contributed by atoms with E-state index in [9.17, 15) is 0 Å². The summed E-state index contributed by atoms with van der Waals surface area (Å²) in [4.78, 5) is 0. The van der Waals surface area contributed by atoms with Crippen molar-refractivity contribution in [3.05, 3.63) is 10.8 Å². The summed E-state index contributed by atoms with van der Waals surface area (Å²) in [5, 5.41) is 4.37. The van der Waals surface area contributed by atoms with Crippen molar-refractivity contribution in [1.29, 1.82) is 0 Å². The zero-order valence-electron chi connectivity index (χ0n) is 11.7. The van der Waals surface area contributed by atoms with E-state index >= 15 is 0 Å². The Hall–Kier alpha value is 0.400. The molecular formula is C15H27S3+. The van der Waals surface area contributed by atoms with Crippen molar-refractivity contribution in [2.75, 3.05) is 5.75 Å². The Morgan fingerprint density at radius 3 is 2.11 bits per heavy atom. The van der Waals surface area contributed by atoms with Crippen LogP contribution in [0.15, 0.2) is 14.3 Å². The molecule has 1 heterocycles. The summed E-state index contributed by atoms with van der Waals surface area (Å²) in [5.74, 6) is 1.31. The van der Waals surface area contributed by atoms with Gasteiger partial charge in [-0.3, -0.25) is 0 Å². The summed E-state index contributed by atoms with van der Waals surface area (Å²) < 4.78 is 1.52. The van der Waals surface area contributed by atoms with Gasteiger partial charge in [0.1, 0.15) is 10.8 Å². The quantitative estimate of drug-likeness (QED) is 0.225. The molecule has 0 aliphatic heterocycles. The average Bonchev–Trinajstić information content (AvgIpc) is 2.89. The Balaban J connectivity index is 1.73. The summed E-state index contributed by atoms with van der Waals surface area (Å²) in [7, 11) is 0. The Bertz CT molecular complexity index is 257. The van der Waals surface area contributed by atoms with Gasteiger partial charge in [-0.2, -0.15) is 0 Å². The number of unbranched alkanes of at least 4 members (excludes halogenated alkanes) is 9. The van der Waals surface area contributed by atoms with Crippen LogP contribution >= 0.6 is 34.4 Å². The molecule has 1 aromatic rings. The fourth-order valence-corrected chi connectivity index (χ4v) is 5.12. The van der Waals surface area contributed by atoms with Crippen molar-refractivity contribution >= 4 is 34.4 Å². The second-order valence-corrected chi connectivity index (χ2v) is 8.50. The van der Waals surface area contributed by atoms with E-state index in [0.29, 0.717) is 0 Å². The maximum atomic E-state index is 2.29. The van der Waals surface area contributed by atoms with E-state index in [0.717, 1.165) is 0 Å². The van der Waals surface area contributed by atoms with Crippen molar-refractivity contribution < 1.29 is 0 Å². The fraction of sp³-hybridized carbons (Fsp3) is 0.800. The lowest BCUT2D eigenvalue weighted by molar-refractivity contribution is 0.563. The molecule has 0 radical (unpaired) electrons.